The van der Waals surface area contributed by atoms with Crippen molar-refractivity contribution < 1.29 is 16.8 Å². The topological polar surface area (TPSA) is 71.5 Å². The van der Waals surface area contributed by atoms with E-state index in [0.717, 1.165) is 11.1 Å². The molecule has 0 aliphatic carbocycles. The van der Waals surface area contributed by atoms with Gasteiger partial charge in [0.15, 0.2) is 9.84 Å². The third kappa shape index (κ3) is 4.00. The second-order valence-corrected chi connectivity index (χ2v) is 11.3. The first kappa shape index (κ1) is 19.4. The lowest BCUT2D eigenvalue weighted by molar-refractivity contribution is 0.307. The Morgan fingerprint density at radius 2 is 1.71 bits per heavy atom. The molecule has 0 amide bonds. The van der Waals surface area contributed by atoms with E-state index >= 15 is 0 Å². The van der Waals surface area contributed by atoms with Crippen LogP contribution in [0.15, 0.2) is 17.0 Å². The molecular weight excluding hydrogens is 346 g/mol. The minimum Gasteiger partial charge on any atom is -0.229 e. The number of rotatable bonds is 5. The van der Waals surface area contributed by atoms with Gasteiger partial charge in [-0.25, -0.2) is 16.8 Å². The van der Waals surface area contributed by atoms with Gasteiger partial charge in [0.05, 0.1) is 16.4 Å². The Morgan fingerprint density at radius 3 is 2.21 bits per heavy atom. The smallest absolute Gasteiger partial charge is 0.229 e. The molecule has 0 radical (unpaired) electrons. The molecule has 0 unspecified atom stereocenters. The van der Waals surface area contributed by atoms with Gasteiger partial charge in [0.2, 0.25) is 10.0 Å². The summed E-state index contributed by atoms with van der Waals surface area (Å²) in [6.07, 6.45) is 0.373. The monoisotopic (exact) mass is 373 g/mol. The van der Waals surface area contributed by atoms with Crippen molar-refractivity contribution in [1.82, 2.24) is 4.31 Å². The molecule has 24 heavy (non-hydrogen) atoms. The Bertz CT molecular complexity index is 826. The molecule has 1 saturated heterocycles. The highest BCUT2D eigenvalue weighted by molar-refractivity contribution is 7.92. The maximum absolute atomic E-state index is 13.3. The van der Waals surface area contributed by atoms with E-state index in [0.29, 0.717) is 18.5 Å². The first-order valence-corrected chi connectivity index (χ1v) is 11.5. The van der Waals surface area contributed by atoms with Gasteiger partial charge < -0.3 is 0 Å². The summed E-state index contributed by atoms with van der Waals surface area (Å²) in [7, 11) is -6.88. The van der Waals surface area contributed by atoms with E-state index in [2.05, 4.69) is 0 Å². The summed E-state index contributed by atoms with van der Waals surface area (Å²) < 4.78 is 51.7. The van der Waals surface area contributed by atoms with Gasteiger partial charge >= 0.3 is 0 Å². The van der Waals surface area contributed by atoms with Crippen molar-refractivity contribution in [3.63, 3.8) is 0 Å². The molecule has 2 rings (SSSR count). The lowest BCUT2D eigenvalue weighted by Crippen LogP contribution is -2.43. The minimum atomic E-state index is -3.73. The van der Waals surface area contributed by atoms with Gasteiger partial charge in [-0.2, -0.15) is 4.31 Å². The van der Waals surface area contributed by atoms with E-state index < -0.39 is 25.9 Å². The van der Waals surface area contributed by atoms with Crippen molar-refractivity contribution in [1.29, 1.82) is 0 Å². The summed E-state index contributed by atoms with van der Waals surface area (Å²) in [5.74, 6) is 0.103. The van der Waals surface area contributed by atoms with Crippen molar-refractivity contribution in [3.8, 4) is 0 Å². The fourth-order valence-corrected chi connectivity index (χ4v) is 7.08. The fourth-order valence-electron chi connectivity index (χ4n) is 3.14. The summed E-state index contributed by atoms with van der Waals surface area (Å²) in [6, 6.07) is 3.11. The largest absolute Gasteiger partial charge is 0.243 e. The molecule has 1 fully saturated rings. The Labute approximate surface area is 146 Å². The van der Waals surface area contributed by atoms with E-state index in [1.807, 2.05) is 33.8 Å². The van der Waals surface area contributed by atoms with E-state index in [1.165, 1.54) is 4.31 Å². The van der Waals surface area contributed by atoms with Crippen LogP contribution in [0.1, 0.15) is 37.0 Å². The highest BCUT2D eigenvalue weighted by atomic mass is 32.2. The van der Waals surface area contributed by atoms with Crippen LogP contribution in [0.2, 0.25) is 0 Å². The van der Waals surface area contributed by atoms with E-state index in [-0.39, 0.29) is 22.3 Å². The summed E-state index contributed by atoms with van der Waals surface area (Å²) in [4.78, 5) is 0.288. The van der Waals surface area contributed by atoms with Crippen LogP contribution >= 0.6 is 0 Å². The number of hydrogen-bond donors (Lipinski definition) is 0. The van der Waals surface area contributed by atoms with Gasteiger partial charge in [-0.3, -0.25) is 0 Å². The van der Waals surface area contributed by atoms with Crippen LogP contribution in [0, 0.1) is 26.7 Å². The zero-order chi connectivity index (χ0) is 18.3. The Balaban J connectivity index is 2.50. The van der Waals surface area contributed by atoms with Crippen molar-refractivity contribution in [2.24, 2.45) is 5.92 Å². The number of aryl methyl sites for hydroxylation is 3. The zero-order valence-electron chi connectivity index (χ0n) is 15.0. The van der Waals surface area contributed by atoms with Crippen molar-refractivity contribution in [2.75, 3.05) is 18.1 Å². The molecular formula is C17H27NO4S2. The van der Waals surface area contributed by atoms with Gasteiger partial charge in [-0.05, 0) is 55.9 Å². The predicted octanol–water partition coefficient (Wildman–Crippen LogP) is 2.45. The molecule has 7 heteroatoms. The van der Waals surface area contributed by atoms with E-state index in [1.54, 1.807) is 13.0 Å². The third-order valence-corrected chi connectivity index (χ3v) is 8.35. The van der Waals surface area contributed by atoms with E-state index in [9.17, 15) is 16.8 Å². The molecule has 136 valence electrons. The molecule has 0 aromatic heterocycles. The number of hydrogen-bond acceptors (Lipinski definition) is 4. The maximum atomic E-state index is 13.3. The molecule has 0 bridgehead atoms. The molecule has 1 atom stereocenters. The van der Waals surface area contributed by atoms with Crippen LogP contribution in [-0.2, 0) is 19.9 Å². The van der Waals surface area contributed by atoms with Crippen LogP contribution in [0.25, 0.3) is 0 Å². The van der Waals surface area contributed by atoms with Gasteiger partial charge in [-0.15, -0.1) is 0 Å². The highest BCUT2D eigenvalue weighted by Crippen LogP contribution is 2.29. The van der Waals surface area contributed by atoms with Crippen molar-refractivity contribution in [2.45, 2.75) is 52.0 Å². The van der Waals surface area contributed by atoms with Crippen LogP contribution in [0.3, 0.4) is 0 Å². The SMILES string of the molecule is Cc1cc(C)c(S(=O)(=O)N(CC(C)C)[C@H]2CCS(=O)(=O)C2)cc1C. The first-order chi connectivity index (χ1) is 10.9. The van der Waals surface area contributed by atoms with E-state index in [4.69, 9.17) is 0 Å². The lowest BCUT2D eigenvalue weighted by Gasteiger charge is -2.29. The molecule has 1 heterocycles. The quantitative estimate of drug-likeness (QED) is 0.795. The molecule has 1 aliphatic heterocycles. The highest BCUT2D eigenvalue weighted by Gasteiger charge is 2.39. The van der Waals surface area contributed by atoms with Crippen molar-refractivity contribution in [3.05, 3.63) is 28.8 Å². The molecule has 1 aromatic carbocycles. The van der Waals surface area contributed by atoms with Crippen LogP contribution < -0.4 is 0 Å². The van der Waals surface area contributed by atoms with Gasteiger partial charge in [-0.1, -0.05) is 19.9 Å². The fraction of sp³-hybridized carbons (Fsp3) is 0.647. The van der Waals surface area contributed by atoms with Crippen LogP contribution in [0.4, 0.5) is 0 Å². The minimum absolute atomic E-state index is 0.0632. The second kappa shape index (κ2) is 6.77. The van der Waals surface area contributed by atoms with Gasteiger partial charge in [0, 0.05) is 12.6 Å². The number of benzene rings is 1. The first-order valence-electron chi connectivity index (χ1n) is 8.24. The zero-order valence-corrected chi connectivity index (χ0v) is 16.7. The molecule has 0 N–H and O–H groups in total. The Kier molecular flexibility index (Phi) is 5.47. The normalized spacial score (nSPS) is 20.9. The predicted molar refractivity (Wildman–Crippen MR) is 96.4 cm³/mol. The summed E-state index contributed by atoms with van der Waals surface area (Å²) >= 11 is 0. The number of sulfonamides is 1. The second-order valence-electron chi connectivity index (χ2n) is 7.23. The molecule has 0 spiro atoms. The average Bonchev–Trinajstić information content (AvgIpc) is 2.79. The number of nitrogens with zero attached hydrogens (tertiary/aromatic N) is 1. The molecule has 5 nitrogen and oxygen atoms in total. The number of sulfone groups is 1. The van der Waals surface area contributed by atoms with Gasteiger partial charge in [0.25, 0.3) is 0 Å². The lowest BCUT2D eigenvalue weighted by atomic mass is 10.1. The Morgan fingerprint density at radius 1 is 1.12 bits per heavy atom. The summed E-state index contributed by atoms with van der Waals surface area (Å²) in [5.41, 5.74) is 2.67. The molecule has 1 aliphatic rings. The molecule has 0 saturated carbocycles. The summed E-state index contributed by atoms with van der Waals surface area (Å²) in [5, 5.41) is 0. The van der Waals surface area contributed by atoms with Crippen LogP contribution in [-0.4, -0.2) is 45.2 Å². The van der Waals surface area contributed by atoms with Crippen molar-refractivity contribution >= 4 is 19.9 Å². The van der Waals surface area contributed by atoms with Gasteiger partial charge in [0.1, 0.15) is 0 Å². The maximum Gasteiger partial charge on any atom is 0.243 e. The Hall–Kier alpha value is -0.920. The third-order valence-electron chi connectivity index (χ3n) is 4.54. The summed E-state index contributed by atoms with van der Waals surface area (Å²) in [6.45, 7) is 9.85. The molecule has 1 aromatic rings. The van der Waals surface area contributed by atoms with Crippen LogP contribution in [0.5, 0.6) is 0 Å². The average molecular weight is 374 g/mol. The standard InChI is InChI=1S/C17H27NO4S2/c1-12(2)10-18(16-6-7-23(19,20)11-16)24(21,22)17-9-14(4)13(3)8-15(17)5/h8-9,12,16H,6-7,10-11H2,1-5H3/t16-/m0/s1.